The molecule has 0 unspecified atom stereocenters. The van der Waals surface area contributed by atoms with E-state index >= 15 is 0 Å². The summed E-state index contributed by atoms with van der Waals surface area (Å²) in [6.07, 6.45) is 2.71. The molecule has 44 heavy (non-hydrogen) atoms. The maximum atomic E-state index is 13.6. The van der Waals surface area contributed by atoms with Crippen LogP contribution in [-0.2, 0) is 26.0 Å². The number of oxazole rings is 1. The number of carbonyl (C=O) groups is 4. The average molecular weight is 625 g/mol. The third-order valence-corrected chi connectivity index (χ3v) is 8.10. The van der Waals surface area contributed by atoms with Gasteiger partial charge in [0, 0.05) is 18.5 Å². The molecule has 0 radical (unpaired) electrons. The van der Waals surface area contributed by atoms with Crippen LogP contribution in [0.2, 0.25) is 0 Å². The van der Waals surface area contributed by atoms with Gasteiger partial charge in [0.15, 0.2) is 5.69 Å². The third-order valence-electron chi connectivity index (χ3n) is 7.17. The highest BCUT2D eigenvalue weighted by molar-refractivity contribution is 7.89. The summed E-state index contributed by atoms with van der Waals surface area (Å²) in [6.45, 7) is 3.85. The first-order valence-corrected chi connectivity index (χ1v) is 15.8. The van der Waals surface area contributed by atoms with Crippen molar-refractivity contribution in [3.8, 4) is 0 Å². The summed E-state index contributed by atoms with van der Waals surface area (Å²) >= 11 is 0. The minimum atomic E-state index is -3.95. The zero-order chi connectivity index (χ0) is 31.9. The minimum Gasteiger partial charge on any atom is -0.446 e. The topological polar surface area (TPSA) is 203 Å². The van der Waals surface area contributed by atoms with Gasteiger partial charge in [-0.25, -0.2) is 18.5 Å². The third kappa shape index (κ3) is 8.51. The van der Waals surface area contributed by atoms with Crippen molar-refractivity contribution in [1.29, 1.82) is 0 Å². The molecule has 4 rings (SSSR count). The predicted molar refractivity (Wildman–Crippen MR) is 160 cm³/mol. The lowest BCUT2D eigenvalue weighted by Crippen LogP contribution is -2.56. The highest BCUT2D eigenvalue weighted by Crippen LogP contribution is 2.20. The van der Waals surface area contributed by atoms with E-state index in [2.05, 4.69) is 26.3 Å². The fourth-order valence-corrected chi connectivity index (χ4v) is 5.24. The fraction of sp³-hybridized carbons (Fsp3) is 0.367. The molecule has 3 aromatic rings. The van der Waals surface area contributed by atoms with Gasteiger partial charge in [-0.15, -0.1) is 0 Å². The summed E-state index contributed by atoms with van der Waals surface area (Å²) in [5.41, 5.74) is 1.09. The molecule has 1 aliphatic heterocycles. The Morgan fingerprint density at radius 3 is 2.39 bits per heavy atom. The minimum absolute atomic E-state index is 0.0757. The Hall–Kier alpha value is -4.56. The van der Waals surface area contributed by atoms with E-state index in [0.29, 0.717) is 19.3 Å². The number of benzene rings is 2. The number of sulfonamides is 1. The Morgan fingerprint density at radius 2 is 1.73 bits per heavy atom. The Kier molecular flexibility index (Phi) is 10.5. The van der Waals surface area contributed by atoms with Crippen LogP contribution in [0.3, 0.4) is 0 Å². The van der Waals surface area contributed by atoms with Crippen LogP contribution >= 0.6 is 0 Å². The standard InChI is InChI=1S/C30H36N6O7S/c1-18(2)25-29(40)34-23(16-19-8-4-3-5-9-19)30-35-24(17-43-30)27(38)32-15-7-6-10-22(28(39)36-25)33-26(37)20-11-13-21(14-12-20)44(31,41)42/h3-5,8-9,11-14,17-18,22-23,25H,6-7,10,15-16H2,1-2H3,(H,32,38)(H,33,37)(H,34,40)(H,36,39)(H2,31,41,42)/t22-,23+,25-/m0/s1. The van der Waals surface area contributed by atoms with Crippen LogP contribution < -0.4 is 26.4 Å². The van der Waals surface area contributed by atoms with E-state index in [1.807, 2.05) is 30.3 Å². The van der Waals surface area contributed by atoms with Crippen LogP contribution in [0.15, 0.2) is 70.2 Å². The SMILES string of the molecule is CC(C)[C@@H]1NC(=O)[C@@H](NC(=O)c2ccc(S(N)(=O)=O)cc2)CCCCNC(=O)c2coc(n2)[C@@H](Cc2ccccc2)NC1=O. The molecule has 13 nitrogen and oxygen atoms in total. The van der Waals surface area contributed by atoms with E-state index in [-0.39, 0.29) is 40.9 Å². The molecule has 14 heteroatoms. The first-order valence-electron chi connectivity index (χ1n) is 14.2. The number of hydrogen-bond acceptors (Lipinski definition) is 8. The summed E-state index contributed by atoms with van der Waals surface area (Å²) < 4.78 is 28.8. The number of nitrogens with zero attached hydrogens (tertiary/aromatic N) is 1. The molecular weight excluding hydrogens is 588 g/mol. The molecular formula is C30H36N6O7S. The number of carbonyl (C=O) groups excluding carboxylic acids is 4. The molecule has 1 aromatic heterocycles. The second-order valence-corrected chi connectivity index (χ2v) is 12.5. The second-order valence-electron chi connectivity index (χ2n) is 10.9. The smallest absolute Gasteiger partial charge is 0.273 e. The van der Waals surface area contributed by atoms with E-state index in [1.54, 1.807) is 13.8 Å². The number of amides is 4. The van der Waals surface area contributed by atoms with Crippen LogP contribution in [0, 0.1) is 5.92 Å². The van der Waals surface area contributed by atoms with Crippen molar-refractivity contribution in [1.82, 2.24) is 26.3 Å². The normalized spacial score (nSPS) is 20.4. The summed E-state index contributed by atoms with van der Waals surface area (Å²) in [5.74, 6) is -2.30. The number of primary sulfonamides is 1. The number of aromatic nitrogens is 1. The van der Waals surface area contributed by atoms with Crippen molar-refractivity contribution in [2.45, 2.75) is 62.6 Å². The molecule has 0 aliphatic carbocycles. The van der Waals surface area contributed by atoms with E-state index in [1.165, 1.54) is 30.5 Å². The average Bonchev–Trinajstić information content (AvgIpc) is 3.48. The van der Waals surface area contributed by atoms with Gasteiger partial charge in [-0.05, 0) is 55.0 Å². The van der Waals surface area contributed by atoms with Crippen molar-refractivity contribution in [3.05, 3.63) is 83.6 Å². The number of hydrogen-bond donors (Lipinski definition) is 5. The Bertz CT molecular complexity index is 1590. The highest BCUT2D eigenvalue weighted by atomic mass is 32.2. The maximum absolute atomic E-state index is 13.6. The lowest BCUT2D eigenvalue weighted by atomic mass is 10.00. The van der Waals surface area contributed by atoms with E-state index < -0.39 is 51.8 Å². The zero-order valence-electron chi connectivity index (χ0n) is 24.4. The first kappa shape index (κ1) is 32.4. The van der Waals surface area contributed by atoms with Gasteiger partial charge in [-0.1, -0.05) is 44.2 Å². The van der Waals surface area contributed by atoms with Crippen molar-refractivity contribution >= 4 is 33.7 Å². The van der Waals surface area contributed by atoms with E-state index in [0.717, 1.165) is 5.56 Å². The van der Waals surface area contributed by atoms with Gasteiger partial charge in [-0.2, -0.15) is 0 Å². The van der Waals surface area contributed by atoms with Gasteiger partial charge in [0.25, 0.3) is 11.8 Å². The van der Waals surface area contributed by atoms with Crippen LogP contribution in [0.1, 0.15) is 71.5 Å². The van der Waals surface area contributed by atoms with Gasteiger partial charge in [0.1, 0.15) is 24.4 Å². The Balaban J connectivity index is 1.58. The molecule has 4 amide bonds. The highest BCUT2D eigenvalue weighted by Gasteiger charge is 2.32. The predicted octanol–water partition coefficient (Wildman–Crippen LogP) is 1.58. The molecule has 234 valence electrons. The summed E-state index contributed by atoms with van der Waals surface area (Å²) in [5, 5.41) is 16.3. The fourth-order valence-electron chi connectivity index (χ4n) is 4.72. The van der Waals surface area contributed by atoms with Crippen LogP contribution in [0.4, 0.5) is 0 Å². The Morgan fingerprint density at radius 1 is 1.02 bits per heavy atom. The van der Waals surface area contributed by atoms with Crippen molar-refractivity contribution < 1.29 is 32.0 Å². The molecule has 3 atom stereocenters. The van der Waals surface area contributed by atoms with Crippen molar-refractivity contribution in [2.75, 3.05) is 6.54 Å². The maximum Gasteiger partial charge on any atom is 0.273 e. The number of nitrogens with two attached hydrogens (primary N) is 1. The summed E-state index contributed by atoms with van der Waals surface area (Å²) in [6, 6.07) is 11.6. The van der Waals surface area contributed by atoms with Crippen LogP contribution in [-0.4, -0.2) is 55.7 Å². The lowest BCUT2D eigenvalue weighted by molar-refractivity contribution is -0.131. The van der Waals surface area contributed by atoms with Gasteiger partial charge in [-0.3, -0.25) is 19.2 Å². The van der Waals surface area contributed by atoms with Gasteiger partial charge in [0.2, 0.25) is 27.7 Å². The summed E-state index contributed by atoms with van der Waals surface area (Å²) in [4.78, 5) is 57.1. The van der Waals surface area contributed by atoms with Crippen LogP contribution in [0.25, 0.3) is 0 Å². The number of nitrogens with one attached hydrogen (secondary N) is 4. The zero-order valence-corrected chi connectivity index (χ0v) is 25.2. The monoisotopic (exact) mass is 624 g/mol. The Labute approximate surface area is 255 Å². The number of fused-ring (bicyclic) bond motifs is 2. The molecule has 0 spiro atoms. The first-order chi connectivity index (χ1) is 20.9. The molecule has 0 saturated carbocycles. The van der Waals surface area contributed by atoms with E-state index in [4.69, 9.17) is 9.56 Å². The van der Waals surface area contributed by atoms with E-state index in [9.17, 15) is 27.6 Å². The van der Waals surface area contributed by atoms with Crippen molar-refractivity contribution in [2.24, 2.45) is 11.1 Å². The number of rotatable bonds is 6. The summed E-state index contributed by atoms with van der Waals surface area (Å²) in [7, 11) is -3.95. The molecule has 6 N–H and O–H groups in total. The molecule has 2 bridgehead atoms. The molecule has 0 saturated heterocycles. The van der Waals surface area contributed by atoms with Gasteiger partial charge >= 0.3 is 0 Å². The lowest BCUT2D eigenvalue weighted by Gasteiger charge is -2.27. The molecule has 0 fully saturated rings. The van der Waals surface area contributed by atoms with Gasteiger partial charge in [0.05, 0.1) is 4.90 Å². The largest absolute Gasteiger partial charge is 0.446 e. The molecule has 2 heterocycles. The van der Waals surface area contributed by atoms with Crippen molar-refractivity contribution in [3.63, 3.8) is 0 Å². The quantitative estimate of drug-likeness (QED) is 0.272. The van der Waals surface area contributed by atoms with Crippen LogP contribution in [0.5, 0.6) is 0 Å². The molecule has 2 aromatic carbocycles. The second kappa shape index (κ2) is 14.3. The van der Waals surface area contributed by atoms with Gasteiger partial charge < -0.3 is 25.7 Å². The molecule has 1 aliphatic rings.